The number of benzene rings is 5. The Labute approximate surface area is 573 Å². The zero-order valence-electron chi connectivity index (χ0n) is 59.5. The van der Waals surface area contributed by atoms with E-state index in [1.165, 1.54) is 96.3 Å². The fraction of sp³-hybridized carbons (Fsp3) is 0.512. The van der Waals surface area contributed by atoms with E-state index in [-0.39, 0.29) is 36.7 Å². The Kier molecular flexibility index (Phi) is 30.3. The van der Waals surface area contributed by atoms with Gasteiger partial charge in [-0.2, -0.15) is 0 Å². The Hall–Kier alpha value is -7.36. The van der Waals surface area contributed by atoms with E-state index in [0.29, 0.717) is 97.0 Å². The van der Waals surface area contributed by atoms with Crippen LogP contribution in [0.5, 0.6) is 11.5 Å². The van der Waals surface area contributed by atoms with Gasteiger partial charge >= 0.3 is 0 Å². The van der Waals surface area contributed by atoms with Gasteiger partial charge in [0, 0.05) is 66.2 Å². The maximum atomic E-state index is 11.6. The molecule has 0 bridgehead atoms. The lowest BCUT2D eigenvalue weighted by atomic mass is 9.90. The van der Waals surface area contributed by atoms with E-state index in [1.807, 2.05) is 31.2 Å². The zero-order chi connectivity index (χ0) is 68.2. The SMILES string of the molecule is CCCCCCCCCCCCCOCC(COc1ccc(-c2nc(-c3ccc(C)cc3C)nc(-c3ccc(C)cc3C)n2)c(O)c1)OCCCCCCCCCCCCOCC(O)COC1=CC(O)=C(c2nc(-c3ccc(C)cc3C)nc(-c3ccc(C)cc3C)n2)C(C)C1. The van der Waals surface area contributed by atoms with E-state index in [9.17, 15) is 15.3 Å². The van der Waals surface area contributed by atoms with Crippen LogP contribution in [-0.2, 0) is 18.9 Å². The van der Waals surface area contributed by atoms with E-state index >= 15 is 0 Å². The van der Waals surface area contributed by atoms with Crippen LogP contribution in [0.4, 0.5) is 0 Å². The number of phenols is 1. The molecule has 3 N–H and O–H groups in total. The van der Waals surface area contributed by atoms with Gasteiger partial charge in [0.25, 0.3) is 0 Å². The molecule has 1 aliphatic rings. The molecule has 2 heterocycles. The minimum atomic E-state index is -0.793. The molecule has 0 saturated heterocycles. The predicted molar refractivity (Wildman–Crippen MR) is 389 cm³/mol. The highest BCUT2D eigenvalue weighted by molar-refractivity contribution is 5.74. The molecular formula is C82H110N6O8. The van der Waals surface area contributed by atoms with E-state index in [1.54, 1.807) is 12.1 Å². The number of ether oxygens (including phenoxy) is 5. The normalized spacial score (nSPS) is 13.9. The third-order valence-electron chi connectivity index (χ3n) is 18.2. The van der Waals surface area contributed by atoms with Crippen molar-refractivity contribution < 1.29 is 39.0 Å². The minimum absolute atomic E-state index is 0.0225. The van der Waals surface area contributed by atoms with Gasteiger partial charge in [-0.1, -0.05) is 224 Å². The number of aromatic nitrogens is 6. The summed E-state index contributed by atoms with van der Waals surface area (Å²) < 4.78 is 31.0. The number of aliphatic hydroxyl groups excluding tert-OH is 2. The summed E-state index contributed by atoms with van der Waals surface area (Å²) in [5.74, 6) is 4.10. The zero-order valence-corrected chi connectivity index (χ0v) is 59.5. The van der Waals surface area contributed by atoms with Crippen LogP contribution in [0.15, 0.2) is 109 Å². The van der Waals surface area contributed by atoms with E-state index in [2.05, 4.69) is 123 Å². The second-order valence-corrected chi connectivity index (χ2v) is 27.1. The first-order chi connectivity index (χ1) is 46.5. The van der Waals surface area contributed by atoms with Crippen LogP contribution >= 0.6 is 0 Å². The van der Waals surface area contributed by atoms with Crippen molar-refractivity contribution in [1.29, 1.82) is 0 Å². The van der Waals surface area contributed by atoms with Gasteiger partial charge in [0.15, 0.2) is 34.9 Å². The third-order valence-corrected chi connectivity index (χ3v) is 18.2. The average molecular weight is 1310 g/mol. The van der Waals surface area contributed by atoms with Crippen molar-refractivity contribution >= 4 is 5.57 Å². The quantitative estimate of drug-likeness (QED) is 0.0307. The average Bonchev–Trinajstić information content (AvgIpc) is 0.803. The molecule has 0 aliphatic heterocycles. The van der Waals surface area contributed by atoms with Crippen LogP contribution in [0.1, 0.15) is 205 Å². The van der Waals surface area contributed by atoms with Crippen LogP contribution in [0.3, 0.4) is 0 Å². The second-order valence-electron chi connectivity index (χ2n) is 27.1. The summed E-state index contributed by atoms with van der Waals surface area (Å²) in [6.45, 7) is 23.8. The summed E-state index contributed by atoms with van der Waals surface area (Å²) in [7, 11) is 0. The molecule has 0 radical (unpaired) electrons. The molecule has 14 heteroatoms. The maximum Gasteiger partial charge on any atom is 0.167 e. The predicted octanol–water partition coefficient (Wildman–Crippen LogP) is 19.8. The van der Waals surface area contributed by atoms with Crippen molar-refractivity contribution in [3.63, 3.8) is 0 Å². The Morgan fingerprint density at radius 2 is 0.781 bits per heavy atom. The molecule has 96 heavy (non-hydrogen) atoms. The highest BCUT2D eigenvalue weighted by Gasteiger charge is 2.28. The van der Waals surface area contributed by atoms with E-state index < -0.39 is 6.10 Å². The van der Waals surface area contributed by atoms with Gasteiger partial charge in [-0.25, -0.2) is 29.9 Å². The molecule has 1 aliphatic carbocycles. The molecule has 0 saturated carbocycles. The topological polar surface area (TPSA) is 184 Å². The van der Waals surface area contributed by atoms with Crippen molar-refractivity contribution in [2.75, 3.05) is 46.2 Å². The first-order valence-corrected chi connectivity index (χ1v) is 36.0. The summed E-state index contributed by atoms with van der Waals surface area (Å²) in [4.78, 5) is 29.7. The van der Waals surface area contributed by atoms with Crippen LogP contribution in [-0.4, -0.2) is 104 Å². The second kappa shape index (κ2) is 39.1. The molecule has 14 nitrogen and oxygen atoms in total. The van der Waals surface area contributed by atoms with Gasteiger partial charge in [-0.3, -0.25) is 0 Å². The first-order valence-electron chi connectivity index (χ1n) is 36.0. The summed E-state index contributed by atoms with van der Waals surface area (Å²) in [6.07, 6.45) is 26.6. The number of aryl methyl sites for hydroxylation is 8. The Morgan fingerprint density at radius 3 is 1.19 bits per heavy atom. The highest BCUT2D eigenvalue weighted by atomic mass is 16.6. The molecule has 0 spiro atoms. The third kappa shape index (κ3) is 23.4. The maximum absolute atomic E-state index is 11.6. The van der Waals surface area contributed by atoms with Crippen molar-refractivity contribution in [3.8, 4) is 68.4 Å². The van der Waals surface area contributed by atoms with Crippen LogP contribution < -0.4 is 4.74 Å². The number of hydrogen-bond acceptors (Lipinski definition) is 14. The molecule has 0 amide bonds. The first kappa shape index (κ1) is 74.4. The Balaban J connectivity index is 0.728. The van der Waals surface area contributed by atoms with Gasteiger partial charge in [0.1, 0.15) is 48.4 Å². The highest BCUT2D eigenvalue weighted by Crippen LogP contribution is 2.38. The standard InChI is InChI=1S/C82H110N6O8/c1-11-12-13-14-15-16-17-20-24-27-30-43-93-54-68(55-96-66-36-41-73(74(90)50-66)81-85-77(69-37-32-56(2)45-60(69)6)83-78(86-81)70-38-33-57(3)46-61(70)7)94-44-31-28-25-22-19-18-21-23-26-29-42-92-52-65(89)53-95-67-49-64(10)76(75(91)51-67)82-87-79(71-39-34-58(4)47-62(71)8)84-80(88-82)72-40-35-59(5)48-63(72)9/h32-41,45-48,50-51,64-65,68,89-91H,11-31,42-44,49,52-55H2,1-10H3. The molecule has 5 aromatic carbocycles. The van der Waals surface area contributed by atoms with Gasteiger partial charge in [-0.05, 0) is 115 Å². The summed E-state index contributed by atoms with van der Waals surface area (Å²) in [5.41, 5.74) is 13.7. The van der Waals surface area contributed by atoms with Gasteiger partial charge < -0.3 is 39.0 Å². The minimum Gasteiger partial charge on any atom is -0.507 e. The molecular weight excluding hydrogens is 1200 g/mol. The van der Waals surface area contributed by atoms with E-state index in [0.717, 1.165) is 105 Å². The van der Waals surface area contributed by atoms with Crippen LogP contribution in [0, 0.1) is 61.3 Å². The number of hydrogen-bond donors (Lipinski definition) is 3. The number of phenolic OH excluding ortho intramolecular Hbond substituents is 1. The van der Waals surface area contributed by atoms with Crippen molar-refractivity contribution in [3.05, 3.63) is 159 Å². The lowest BCUT2D eigenvalue weighted by Gasteiger charge is -2.24. The Bertz CT molecular complexity index is 3500. The van der Waals surface area contributed by atoms with E-state index in [4.69, 9.17) is 53.6 Å². The molecule has 2 aromatic heterocycles. The molecule has 516 valence electrons. The van der Waals surface area contributed by atoms with Crippen molar-refractivity contribution in [1.82, 2.24) is 29.9 Å². The number of aromatic hydroxyl groups is 1. The largest absolute Gasteiger partial charge is 0.507 e. The number of aliphatic hydroxyl groups is 2. The van der Waals surface area contributed by atoms with Crippen LogP contribution in [0.2, 0.25) is 0 Å². The number of unbranched alkanes of at least 4 members (excludes halogenated alkanes) is 19. The Morgan fingerprint density at radius 1 is 0.406 bits per heavy atom. The fourth-order valence-electron chi connectivity index (χ4n) is 12.8. The molecule has 0 fully saturated rings. The summed E-state index contributed by atoms with van der Waals surface area (Å²) in [6, 6.07) is 30.3. The number of allylic oxidation sites excluding steroid dienone is 3. The summed E-state index contributed by atoms with van der Waals surface area (Å²) >= 11 is 0. The van der Waals surface area contributed by atoms with Gasteiger partial charge in [-0.15, -0.1) is 0 Å². The molecule has 8 rings (SSSR count). The number of rotatable bonds is 42. The smallest absolute Gasteiger partial charge is 0.167 e. The van der Waals surface area contributed by atoms with Crippen molar-refractivity contribution in [2.24, 2.45) is 5.92 Å². The number of nitrogens with zero attached hydrogens (tertiary/aromatic N) is 6. The van der Waals surface area contributed by atoms with Crippen LogP contribution in [0.25, 0.3) is 62.5 Å². The monoisotopic (exact) mass is 1310 g/mol. The summed E-state index contributed by atoms with van der Waals surface area (Å²) in [5, 5.41) is 33.9. The van der Waals surface area contributed by atoms with Gasteiger partial charge in [0.05, 0.1) is 18.8 Å². The lowest BCUT2D eigenvalue weighted by Crippen LogP contribution is -2.28. The molecule has 3 unspecified atom stereocenters. The van der Waals surface area contributed by atoms with Gasteiger partial charge in [0.2, 0.25) is 0 Å². The molecule has 3 atom stereocenters. The molecule has 7 aromatic rings. The fourth-order valence-corrected chi connectivity index (χ4v) is 12.8. The van der Waals surface area contributed by atoms with Crippen molar-refractivity contribution in [2.45, 2.75) is 223 Å². The lowest BCUT2D eigenvalue weighted by molar-refractivity contribution is -0.0389.